The van der Waals surface area contributed by atoms with E-state index in [1.54, 1.807) is 0 Å². The van der Waals surface area contributed by atoms with Gasteiger partial charge in [-0.2, -0.15) is 0 Å². The lowest BCUT2D eigenvalue weighted by molar-refractivity contribution is -0.136. The van der Waals surface area contributed by atoms with E-state index in [-0.39, 0.29) is 10.7 Å². The second kappa shape index (κ2) is 3.77. The van der Waals surface area contributed by atoms with Gasteiger partial charge in [-0.25, -0.2) is 14.1 Å². The van der Waals surface area contributed by atoms with Gasteiger partial charge >= 0.3 is 6.03 Å². The Morgan fingerprint density at radius 3 is 2.58 bits per heavy atom. The van der Waals surface area contributed by atoms with Crippen LogP contribution in [0.4, 0.5) is 14.9 Å². The van der Waals surface area contributed by atoms with Crippen molar-refractivity contribution in [3.8, 4) is 0 Å². The van der Waals surface area contributed by atoms with Gasteiger partial charge in [0.05, 0.1) is 10.7 Å². The van der Waals surface area contributed by atoms with Crippen LogP contribution < -0.4 is 10.2 Å². The van der Waals surface area contributed by atoms with E-state index in [9.17, 15) is 18.8 Å². The van der Waals surface area contributed by atoms with Gasteiger partial charge in [0.25, 0.3) is 5.91 Å². The largest absolute Gasteiger partial charge is 0.335 e. The number of halogens is 2. The minimum atomic E-state index is -1.18. The zero-order valence-corrected chi connectivity index (χ0v) is 10.3. The van der Waals surface area contributed by atoms with E-state index >= 15 is 0 Å². The average Bonchev–Trinajstić information content (AvgIpc) is 3.13. The van der Waals surface area contributed by atoms with E-state index in [1.807, 2.05) is 0 Å². The Balaban J connectivity index is 2.08. The normalized spacial score (nSPS) is 20.7. The maximum absolute atomic E-state index is 13.2. The Morgan fingerprint density at radius 1 is 1.26 bits per heavy atom. The molecule has 0 unspecified atom stereocenters. The van der Waals surface area contributed by atoms with Crippen LogP contribution in [0, 0.1) is 11.2 Å². The first-order valence-corrected chi connectivity index (χ1v) is 5.98. The summed E-state index contributed by atoms with van der Waals surface area (Å²) in [5.41, 5.74) is -1.23. The molecule has 1 saturated carbocycles. The van der Waals surface area contributed by atoms with Crippen molar-refractivity contribution in [2.45, 2.75) is 12.8 Å². The first-order chi connectivity index (χ1) is 8.95. The molecule has 0 atom stereocenters. The van der Waals surface area contributed by atoms with Crippen LogP contribution in [0.5, 0.6) is 0 Å². The van der Waals surface area contributed by atoms with Gasteiger partial charge < -0.3 is 0 Å². The molecule has 0 radical (unpaired) electrons. The van der Waals surface area contributed by atoms with Crippen LogP contribution >= 0.6 is 11.6 Å². The highest BCUT2D eigenvalue weighted by atomic mass is 35.5. The van der Waals surface area contributed by atoms with E-state index in [2.05, 4.69) is 5.32 Å². The van der Waals surface area contributed by atoms with Crippen molar-refractivity contribution >= 4 is 35.1 Å². The van der Waals surface area contributed by atoms with Gasteiger partial charge in [-0.05, 0) is 31.0 Å². The van der Waals surface area contributed by atoms with Crippen molar-refractivity contribution in [2.75, 3.05) is 4.90 Å². The van der Waals surface area contributed by atoms with Crippen LogP contribution in [0.25, 0.3) is 0 Å². The Kier molecular flexibility index (Phi) is 2.40. The van der Waals surface area contributed by atoms with Crippen molar-refractivity contribution in [1.82, 2.24) is 5.32 Å². The molecule has 0 aromatic heterocycles. The summed E-state index contributed by atoms with van der Waals surface area (Å²) in [6.07, 6.45) is 0.767. The number of hydrogen-bond acceptors (Lipinski definition) is 3. The number of anilines is 1. The van der Waals surface area contributed by atoms with E-state index in [4.69, 9.17) is 11.6 Å². The second-order valence-electron chi connectivity index (χ2n) is 4.58. The molecule has 1 heterocycles. The van der Waals surface area contributed by atoms with E-state index in [1.165, 1.54) is 6.07 Å². The Labute approximate surface area is 112 Å². The van der Waals surface area contributed by atoms with Crippen LogP contribution in [0.15, 0.2) is 18.2 Å². The lowest BCUT2D eigenvalue weighted by atomic mass is 10.0. The predicted octanol–water partition coefficient (Wildman–Crippen LogP) is 1.84. The zero-order valence-electron chi connectivity index (χ0n) is 9.57. The number of nitrogens with one attached hydrogen (secondary N) is 1. The fourth-order valence-electron chi connectivity index (χ4n) is 2.12. The Morgan fingerprint density at radius 2 is 1.95 bits per heavy atom. The van der Waals surface area contributed by atoms with Crippen LogP contribution in [0.1, 0.15) is 12.8 Å². The summed E-state index contributed by atoms with van der Waals surface area (Å²) in [4.78, 5) is 36.4. The topological polar surface area (TPSA) is 66.5 Å². The summed E-state index contributed by atoms with van der Waals surface area (Å²) in [5, 5.41) is 2.17. The number of rotatable bonds is 1. The molecule has 3 rings (SSSR count). The van der Waals surface area contributed by atoms with Crippen molar-refractivity contribution in [2.24, 2.45) is 5.41 Å². The van der Waals surface area contributed by atoms with Crippen LogP contribution in [-0.4, -0.2) is 17.8 Å². The van der Waals surface area contributed by atoms with Gasteiger partial charge in [0.15, 0.2) is 0 Å². The maximum Gasteiger partial charge on any atom is 0.335 e. The van der Waals surface area contributed by atoms with Crippen molar-refractivity contribution in [3.63, 3.8) is 0 Å². The molecule has 1 saturated heterocycles. The zero-order chi connectivity index (χ0) is 13.8. The molecule has 4 amide bonds. The molecule has 1 aromatic carbocycles. The highest BCUT2D eigenvalue weighted by Crippen LogP contribution is 2.50. The molecule has 7 heteroatoms. The number of barbiturate groups is 1. The third-order valence-electron chi connectivity index (χ3n) is 3.37. The fourth-order valence-corrected chi connectivity index (χ4v) is 2.32. The molecule has 0 bridgehead atoms. The monoisotopic (exact) mass is 282 g/mol. The second-order valence-corrected chi connectivity index (χ2v) is 4.98. The summed E-state index contributed by atoms with van der Waals surface area (Å²) >= 11 is 5.88. The number of carbonyl (C=O) groups is 3. The van der Waals surface area contributed by atoms with Crippen molar-refractivity contribution in [1.29, 1.82) is 0 Å². The lowest BCUT2D eigenvalue weighted by Gasteiger charge is -2.30. The molecule has 1 spiro atoms. The van der Waals surface area contributed by atoms with Crippen LogP contribution in [0.2, 0.25) is 5.02 Å². The van der Waals surface area contributed by atoms with E-state index in [0.717, 1.165) is 17.0 Å². The SMILES string of the molecule is O=C1NC(=O)C2(CC2)C(=O)N1c1cc(F)ccc1Cl. The highest BCUT2D eigenvalue weighted by Gasteiger charge is 2.62. The molecule has 1 N–H and O–H groups in total. The molecule has 1 aliphatic heterocycles. The predicted molar refractivity (Wildman–Crippen MR) is 64.1 cm³/mol. The number of amides is 4. The Hall–Kier alpha value is -1.95. The fraction of sp³-hybridized carbons (Fsp3) is 0.250. The first kappa shape index (κ1) is 12.1. The quantitative estimate of drug-likeness (QED) is 0.799. The van der Waals surface area contributed by atoms with Crippen molar-refractivity contribution < 1.29 is 18.8 Å². The summed E-state index contributed by atoms with van der Waals surface area (Å²) in [6.45, 7) is 0. The van der Waals surface area contributed by atoms with Gasteiger partial charge in [0.2, 0.25) is 5.91 Å². The minimum Gasteiger partial charge on any atom is -0.276 e. The van der Waals surface area contributed by atoms with Gasteiger partial charge in [0.1, 0.15) is 11.2 Å². The van der Waals surface area contributed by atoms with Gasteiger partial charge in [-0.1, -0.05) is 11.6 Å². The summed E-state index contributed by atoms with van der Waals surface area (Å²) in [5.74, 6) is -1.86. The molecule has 2 aliphatic rings. The minimum absolute atomic E-state index is 0.0528. The molecular formula is C12H8ClFN2O3. The smallest absolute Gasteiger partial charge is 0.276 e. The molecule has 19 heavy (non-hydrogen) atoms. The molecule has 5 nitrogen and oxygen atoms in total. The molecule has 98 valence electrons. The maximum atomic E-state index is 13.2. The summed E-state index contributed by atoms with van der Waals surface area (Å²) < 4.78 is 13.2. The third kappa shape index (κ3) is 1.63. The van der Waals surface area contributed by atoms with Crippen LogP contribution in [0.3, 0.4) is 0 Å². The number of imide groups is 2. The number of carbonyl (C=O) groups excluding carboxylic acids is 3. The third-order valence-corrected chi connectivity index (χ3v) is 3.69. The van der Waals surface area contributed by atoms with Gasteiger partial charge in [0, 0.05) is 0 Å². The first-order valence-electron chi connectivity index (χ1n) is 5.61. The molecule has 1 aliphatic carbocycles. The summed E-state index contributed by atoms with van der Waals surface area (Å²) in [7, 11) is 0. The highest BCUT2D eigenvalue weighted by molar-refractivity contribution is 6.37. The number of nitrogens with zero attached hydrogens (tertiary/aromatic N) is 1. The Bertz CT molecular complexity index is 627. The number of urea groups is 1. The summed E-state index contributed by atoms with van der Waals surface area (Å²) in [6, 6.07) is 2.46. The van der Waals surface area contributed by atoms with E-state index in [0.29, 0.717) is 12.8 Å². The van der Waals surface area contributed by atoms with E-state index < -0.39 is 29.1 Å². The van der Waals surface area contributed by atoms with Gasteiger partial charge in [-0.3, -0.25) is 14.9 Å². The molecule has 2 fully saturated rings. The number of hydrogen-bond donors (Lipinski definition) is 1. The van der Waals surface area contributed by atoms with Crippen molar-refractivity contribution in [3.05, 3.63) is 29.0 Å². The van der Waals surface area contributed by atoms with Crippen LogP contribution in [-0.2, 0) is 9.59 Å². The van der Waals surface area contributed by atoms with Gasteiger partial charge in [-0.15, -0.1) is 0 Å². The average molecular weight is 283 g/mol. The number of benzene rings is 1. The molecular weight excluding hydrogens is 275 g/mol. The standard InChI is InChI=1S/C12H8ClFN2O3/c13-7-2-1-6(14)5-8(7)16-10(18)12(3-4-12)9(17)15-11(16)19/h1-2,5H,3-4H2,(H,15,17,19). The molecule has 1 aromatic rings. The lowest BCUT2D eigenvalue weighted by Crippen LogP contribution is -2.59.